The molecule has 1 aromatic heterocycles. The summed E-state index contributed by atoms with van der Waals surface area (Å²) in [5.74, 6) is -3.33. The van der Waals surface area contributed by atoms with Crippen LogP contribution in [-0.2, 0) is 52.4 Å². The number of anilines is 4. The van der Waals surface area contributed by atoms with Gasteiger partial charge in [0.25, 0.3) is 21.9 Å². The molecular formula is C49H60N12O14S. The Morgan fingerprint density at radius 2 is 1.63 bits per heavy atom. The van der Waals surface area contributed by atoms with E-state index < -0.39 is 69.2 Å². The number of nitrogens with one attached hydrogen (secondary N) is 6. The molecule has 0 aliphatic carbocycles. The molecule has 0 saturated carbocycles. The highest BCUT2D eigenvalue weighted by atomic mass is 32.2. The maximum absolute atomic E-state index is 14.7. The number of benzene rings is 3. The first-order valence-electron chi connectivity index (χ1n) is 23.8. The van der Waals surface area contributed by atoms with Crippen LogP contribution in [0.4, 0.5) is 27.7 Å². The minimum atomic E-state index is -5.28. The van der Waals surface area contributed by atoms with E-state index in [-0.39, 0.29) is 70.9 Å². The van der Waals surface area contributed by atoms with E-state index in [9.17, 15) is 46.5 Å². The normalized spacial score (nSPS) is 15.6. The predicted molar refractivity (Wildman–Crippen MR) is 277 cm³/mol. The van der Waals surface area contributed by atoms with Gasteiger partial charge in [-0.05, 0) is 82.0 Å². The van der Waals surface area contributed by atoms with E-state index >= 15 is 0 Å². The summed E-state index contributed by atoms with van der Waals surface area (Å²) in [6, 6.07) is 10.9. The molecule has 26 nitrogen and oxygen atoms in total. The number of rotatable bonds is 24. The van der Waals surface area contributed by atoms with E-state index in [4.69, 9.17) is 19.1 Å². The molecule has 1 unspecified atom stereocenters. The van der Waals surface area contributed by atoms with Gasteiger partial charge >= 0.3 is 6.09 Å². The third-order valence-electron chi connectivity index (χ3n) is 11.9. The topological polar surface area (TPSA) is 323 Å². The zero-order valence-electron chi connectivity index (χ0n) is 42.5. The minimum Gasteiger partial charge on any atom is -0.493 e. The molecule has 2 aliphatic heterocycles. The Morgan fingerprint density at radius 1 is 0.934 bits per heavy atom. The summed E-state index contributed by atoms with van der Waals surface area (Å²) in [6.45, 7) is 8.43. The minimum absolute atomic E-state index is 0.0634. The molecule has 3 aromatic carbocycles. The van der Waals surface area contributed by atoms with Crippen molar-refractivity contribution in [3.8, 4) is 17.2 Å². The predicted octanol–water partition coefficient (Wildman–Crippen LogP) is 3.15. The molecule has 0 spiro atoms. The molecule has 0 fully saturated rings. The molecule has 3 heterocycles. The first kappa shape index (κ1) is 56.7. The van der Waals surface area contributed by atoms with Crippen molar-refractivity contribution in [1.29, 1.82) is 0 Å². The Bertz CT molecular complexity index is 2970. The van der Waals surface area contributed by atoms with E-state index in [1.807, 2.05) is 0 Å². The Morgan fingerprint density at radius 3 is 2.29 bits per heavy atom. The molecule has 4 atom stereocenters. The number of carbonyl (C=O) groups is 7. The number of fused-ring (bicyclic) bond motifs is 4. The van der Waals surface area contributed by atoms with Crippen molar-refractivity contribution in [2.75, 3.05) is 47.7 Å². The lowest BCUT2D eigenvalue weighted by Crippen LogP contribution is -2.56. The number of methoxy groups -OCH3 is 1. The SMILES string of the molecule is C=NOCCCNC(=O)CCCCC(=O)N[C@H](C)C(=O)N[C@H](C)C(=O)Nc1ccc(OC(=O)N2c3cc(ONN(C)/C(=C\C)C(=O)Nc4cn(C)cn4)c(OC)cc3C(=O)N3c4ccccc4C[C@H]3C2S(=O)(=O)O)cc1. The van der Waals surface area contributed by atoms with Crippen LogP contribution >= 0.6 is 0 Å². The van der Waals surface area contributed by atoms with E-state index in [0.29, 0.717) is 48.6 Å². The monoisotopic (exact) mass is 1070 g/mol. The molecule has 76 heavy (non-hydrogen) atoms. The number of hydrazine groups is 1. The summed E-state index contributed by atoms with van der Waals surface area (Å²) in [4.78, 5) is 110. The second-order valence-electron chi connectivity index (χ2n) is 17.4. The summed E-state index contributed by atoms with van der Waals surface area (Å²) in [5, 5.41) is 15.5. The van der Waals surface area contributed by atoms with Gasteiger partial charge < -0.3 is 55.2 Å². The number of likely N-dealkylation sites (N-methyl/N-ethyl adjacent to an activating group) is 1. The van der Waals surface area contributed by atoms with Gasteiger partial charge in [0, 0.05) is 70.3 Å². The van der Waals surface area contributed by atoms with Crippen molar-refractivity contribution in [1.82, 2.24) is 36.1 Å². The third kappa shape index (κ3) is 14.2. The lowest BCUT2D eigenvalue weighted by molar-refractivity contribution is -0.130. The van der Waals surface area contributed by atoms with E-state index in [2.05, 4.69) is 49.0 Å². The lowest BCUT2D eigenvalue weighted by atomic mass is 10.1. The van der Waals surface area contributed by atoms with Crippen molar-refractivity contribution >= 4 is 81.3 Å². The zero-order valence-corrected chi connectivity index (χ0v) is 43.3. The molecule has 6 rings (SSSR count). The van der Waals surface area contributed by atoms with Crippen LogP contribution in [0.25, 0.3) is 0 Å². The van der Waals surface area contributed by atoms with Crippen LogP contribution in [0.2, 0.25) is 0 Å². The average Bonchev–Trinajstić information content (AvgIpc) is 3.95. The largest absolute Gasteiger partial charge is 0.493 e. The molecule has 4 aromatic rings. The fourth-order valence-corrected chi connectivity index (χ4v) is 9.30. The van der Waals surface area contributed by atoms with Gasteiger partial charge in [-0.2, -0.15) is 8.42 Å². The average molecular weight is 1070 g/mol. The van der Waals surface area contributed by atoms with Gasteiger partial charge in [0.1, 0.15) is 30.1 Å². The lowest BCUT2D eigenvalue weighted by Gasteiger charge is -2.33. The summed E-state index contributed by atoms with van der Waals surface area (Å²) in [7, 11) is -0.807. The number of para-hydroxylation sites is 1. The van der Waals surface area contributed by atoms with Crippen LogP contribution in [0.15, 0.2) is 90.1 Å². The van der Waals surface area contributed by atoms with Crippen molar-refractivity contribution in [3.05, 3.63) is 96.1 Å². The maximum atomic E-state index is 14.7. The van der Waals surface area contributed by atoms with Crippen LogP contribution in [0.5, 0.6) is 17.2 Å². The molecule has 406 valence electrons. The summed E-state index contributed by atoms with van der Waals surface area (Å²) in [6.07, 6.45) is 4.84. The highest BCUT2D eigenvalue weighted by Gasteiger charge is 2.53. The maximum Gasteiger partial charge on any atom is 0.421 e. The Balaban J connectivity index is 1.14. The van der Waals surface area contributed by atoms with Crippen molar-refractivity contribution in [2.24, 2.45) is 12.2 Å². The molecule has 7 amide bonds. The summed E-state index contributed by atoms with van der Waals surface area (Å²) in [5.41, 5.74) is 3.16. The van der Waals surface area contributed by atoms with Crippen LogP contribution in [-0.4, -0.2) is 127 Å². The second kappa shape index (κ2) is 25.6. The first-order valence-corrected chi connectivity index (χ1v) is 25.3. The summed E-state index contributed by atoms with van der Waals surface area (Å²) < 4.78 is 51.3. The zero-order chi connectivity index (χ0) is 55.3. The molecule has 0 radical (unpaired) electrons. The van der Waals surface area contributed by atoms with Gasteiger partial charge in [0.15, 0.2) is 22.7 Å². The number of ether oxygens (including phenoxy) is 2. The Hall–Kier alpha value is -8.56. The number of hydrogen-bond donors (Lipinski definition) is 7. The van der Waals surface area contributed by atoms with Crippen LogP contribution < -0.4 is 56.3 Å². The van der Waals surface area contributed by atoms with Gasteiger partial charge in [-0.1, -0.05) is 29.9 Å². The van der Waals surface area contributed by atoms with Crippen molar-refractivity contribution < 1.29 is 65.7 Å². The van der Waals surface area contributed by atoms with Gasteiger partial charge in [-0.25, -0.2) is 9.78 Å². The summed E-state index contributed by atoms with van der Waals surface area (Å²) >= 11 is 0. The fourth-order valence-electron chi connectivity index (χ4n) is 8.21. The number of amides is 7. The second-order valence-corrected chi connectivity index (χ2v) is 19.0. The highest BCUT2D eigenvalue weighted by Crippen LogP contribution is 2.45. The number of imidazole rings is 1. The van der Waals surface area contributed by atoms with Crippen molar-refractivity contribution in [2.45, 2.75) is 82.8 Å². The van der Waals surface area contributed by atoms with Crippen molar-refractivity contribution in [3.63, 3.8) is 0 Å². The van der Waals surface area contributed by atoms with Gasteiger partial charge in [-0.15, -0.1) is 5.16 Å². The van der Waals surface area contributed by atoms with E-state index in [1.54, 1.807) is 49.0 Å². The van der Waals surface area contributed by atoms with Crippen LogP contribution in [0, 0.1) is 0 Å². The third-order valence-corrected chi connectivity index (χ3v) is 13.1. The van der Waals surface area contributed by atoms with E-state index in [1.165, 1.54) is 80.6 Å². The quantitative estimate of drug-likeness (QED) is 0.0174. The number of unbranched alkanes of at least 4 members (excludes halogenated alkanes) is 1. The number of hydrogen-bond acceptors (Lipinski definition) is 17. The molecule has 27 heteroatoms. The number of aryl methyl sites for hydroxylation is 1. The molecule has 0 saturated heterocycles. The van der Waals surface area contributed by atoms with Gasteiger partial charge in [-0.3, -0.25) is 43.2 Å². The highest BCUT2D eigenvalue weighted by molar-refractivity contribution is 7.86. The number of oxime groups is 1. The van der Waals surface area contributed by atoms with Gasteiger partial charge in [0.2, 0.25) is 23.6 Å². The molecule has 7 N–H and O–H groups in total. The van der Waals surface area contributed by atoms with Crippen LogP contribution in [0.3, 0.4) is 0 Å². The smallest absolute Gasteiger partial charge is 0.421 e. The standard InChI is InChI=1S/C49H60N12O14S/c1-8-35(46(66)56-41-27-58(5)28-52-41)59(6)57-75-40-26-37-34(25-39(40)72-7)47(67)60-36-15-10-9-14-31(36)24-38(60)48(76(69,70)71)61(37)49(68)74-33-20-18-32(19-21-33)55-45(65)30(3)54-44(64)29(2)53-43(63)17-12-11-16-42(62)51-22-13-23-73-50-4/h8-10,14-15,18-21,25-30,38,48,57H,4,11-13,16-17,22-24H2,1-3,5-7H3,(H,51,62)(H,53,63)(H,54,64)(H,55,65)(H,56,66)(H,69,70,71)/b35-8-/t29-,30-,38+,48?/m1/s1. The van der Waals surface area contributed by atoms with Gasteiger partial charge in [0.05, 0.1) is 30.7 Å². The first-order chi connectivity index (χ1) is 36.2. The number of carbonyl (C=O) groups excluding carboxylic acids is 7. The molecule has 0 bridgehead atoms. The van der Waals surface area contributed by atoms with E-state index in [0.717, 1.165) is 6.07 Å². The van der Waals surface area contributed by atoms with Crippen LogP contribution in [0.1, 0.15) is 68.8 Å². The fraction of sp³-hybridized carbons (Fsp3) is 0.367. The number of nitrogens with zero attached hydrogens (tertiary/aromatic N) is 6. The molecule has 2 aliphatic rings. The number of allylic oxidation sites excluding steroid dienone is 1. The number of aromatic nitrogens is 2. The Kier molecular flexibility index (Phi) is 19.1. The molecular weight excluding hydrogens is 1010 g/mol. The Labute approximate surface area is 437 Å².